The monoisotopic (exact) mass is 460 g/mol. The number of aromatic nitrogens is 3. The summed E-state index contributed by atoms with van der Waals surface area (Å²) in [5, 5.41) is 5.35. The number of para-hydroxylation sites is 1. The van der Waals surface area contributed by atoms with Gasteiger partial charge in [0.1, 0.15) is 0 Å². The first kappa shape index (κ1) is 23.2. The van der Waals surface area contributed by atoms with Crippen LogP contribution < -0.4 is 4.90 Å². The summed E-state index contributed by atoms with van der Waals surface area (Å²) in [6, 6.07) is 14.7. The molecule has 0 N–H and O–H groups in total. The van der Waals surface area contributed by atoms with Gasteiger partial charge in [0.2, 0.25) is 5.91 Å². The van der Waals surface area contributed by atoms with E-state index in [1.165, 1.54) is 11.1 Å². The van der Waals surface area contributed by atoms with Crippen LogP contribution in [-0.2, 0) is 17.8 Å². The molecule has 1 amide bonds. The highest BCUT2D eigenvalue weighted by Gasteiger charge is 2.22. The van der Waals surface area contributed by atoms with Crippen LogP contribution in [0.1, 0.15) is 53.4 Å². The Labute approximate surface area is 200 Å². The number of fused-ring (bicyclic) bond motifs is 1. The highest BCUT2D eigenvalue weighted by molar-refractivity contribution is 7.22. The minimum absolute atomic E-state index is 0.0652. The number of thiazole rings is 1. The number of carbonyl (C=O) groups excluding carboxylic acids is 1. The Morgan fingerprint density at radius 3 is 2.58 bits per heavy atom. The normalized spacial score (nSPS) is 11.5. The molecule has 0 radical (unpaired) electrons. The number of aryl methyl sites for hydroxylation is 4. The van der Waals surface area contributed by atoms with Crippen LogP contribution in [0.2, 0.25) is 0 Å². The molecule has 4 aromatic rings. The van der Waals surface area contributed by atoms with Gasteiger partial charge in [-0.25, -0.2) is 4.98 Å². The summed E-state index contributed by atoms with van der Waals surface area (Å²) >= 11 is 1.59. The molecule has 0 fully saturated rings. The van der Waals surface area contributed by atoms with Crippen molar-refractivity contribution < 1.29 is 4.79 Å². The van der Waals surface area contributed by atoms with Gasteiger partial charge in [-0.2, -0.15) is 5.10 Å². The topological polar surface area (TPSA) is 51.0 Å². The number of hydrogen-bond donors (Lipinski definition) is 0. The largest absolute Gasteiger partial charge is 0.286 e. The van der Waals surface area contributed by atoms with Crippen LogP contribution in [0.15, 0.2) is 42.5 Å². The molecule has 2 heterocycles. The number of anilines is 1. The first-order valence-electron chi connectivity index (χ1n) is 11.5. The van der Waals surface area contributed by atoms with Crippen LogP contribution >= 0.6 is 11.3 Å². The van der Waals surface area contributed by atoms with Crippen molar-refractivity contribution >= 4 is 32.6 Å². The van der Waals surface area contributed by atoms with Crippen molar-refractivity contribution in [1.82, 2.24) is 14.8 Å². The molecule has 4 rings (SSSR count). The molecule has 33 heavy (non-hydrogen) atoms. The van der Waals surface area contributed by atoms with Crippen molar-refractivity contribution in [3.63, 3.8) is 0 Å². The van der Waals surface area contributed by atoms with Gasteiger partial charge in [0.25, 0.3) is 0 Å². The van der Waals surface area contributed by atoms with Gasteiger partial charge in [-0.15, -0.1) is 0 Å². The molecule has 0 saturated heterocycles. The van der Waals surface area contributed by atoms with Crippen LogP contribution in [0.5, 0.6) is 0 Å². The fourth-order valence-electron chi connectivity index (χ4n) is 4.21. The molecular formula is C27H32N4OS. The lowest BCUT2D eigenvalue weighted by Gasteiger charge is -2.21. The van der Waals surface area contributed by atoms with Crippen molar-refractivity contribution in [2.75, 3.05) is 11.4 Å². The first-order chi connectivity index (χ1) is 15.7. The van der Waals surface area contributed by atoms with Crippen molar-refractivity contribution in [3.8, 4) is 0 Å². The number of nitrogens with zero attached hydrogens (tertiary/aromatic N) is 4. The average Bonchev–Trinajstić information content (AvgIpc) is 3.32. The summed E-state index contributed by atoms with van der Waals surface area (Å²) in [4.78, 5) is 20.5. The molecule has 2 aromatic heterocycles. The molecule has 0 atom stereocenters. The van der Waals surface area contributed by atoms with Gasteiger partial charge in [-0.05, 0) is 62.4 Å². The molecule has 2 aromatic carbocycles. The van der Waals surface area contributed by atoms with Crippen molar-refractivity contribution in [1.29, 1.82) is 0 Å². The van der Waals surface area contributed by atoms with Crippen LogP contribution in [0.25, 0.3) is 10.2 Å². The molecule has 0 aliphatic carbocycles. The summed E-state index contributed by atoms with van der Waals surface area (Å²) in [5.41, 5.74) is 7.68. The molecular weight excluding hydrogens is 428 g/mol. The highest BCUT2D eigenvalue weighted by atomic mass is 32.1. The van der Waals surface area contributed by atoms with E-state index in [9.17, 15) is 4.79 Å². The van der Waals surface area contributed by atoms with E-state index in [0.717, 1.165) is 37.9 Å². The van der Waals surface area contributed by atoms with Gasteiger partial charge in [0, 0.05) is 12.2 Å². The fourth-order valence-corrected chi connectivity index (χ4v) is 5.26. The second kappa shape index (κ2) is 9.48. The highest BCUT2D eigenvalue weighted by Crippen LogP contribution is 2.34. The van der Waals surface area contributed by atoms with E-state index >= 15 is 0 Å². The van der Waals surface area contributed by atoms with E-state index in [1.54, 1.807) is 11.3 Å². The van der Waals surface area contributed by atoms with Crippen molar-refractivity contribution in [3.05, 3.63) is 76.1 Å². The quantitative estimate of drug-likeness (QED) is 0.333. The Morgan fingerprint density at radius 2 is 1.88 bits per heavy atom. The lowest BCUT2D eigenvalue weighted by atomic mass is 10.0. The smallest absolute Gasteiger partial charge is 0.233 e. The third-order valence-corrected chi connectivity index (χ3v) is 7.12. The second-order valence-corrected chi connectivity index (χ2v) is 10.2. The zero-order valence-corrected chi connectivity index (χ0v) is 21.2. The standard InChI is InChI=1S/C27H32N4OS/c1-17(2)23-8-7-9-24-26(23)28-27(33-24)30(12-13-31-21(6)15-20(5)29-31)25(32)16-22-14-18(3)10-11-19(22)4/h7-11,14-15,17H,12-13,16H2,1-6H3. The van der Waals surface area contributed by atoms with Crippen LogP contribution in [0, 0.1) is 27.7 Å². The van der Waals surface area contributed by atoms with Crippen molar-refractivity contribution in [2.24, 2.45) is 0 Å². The van der Waals surface area contributed by atoms with E-state index in [2.05, 4.69) is 82.2 Å². The summed E-state index contributed by atoms with van der Waals surface area (Å²) in [6.45, 7) is 13.7. The summed E-state index contributed by atoms with van der Waals surface area (Å²) in [5.74, 6) is 0.438. The first-order valence-corrected chi connectivity index (χ1v) is 12.3. The molecule has 5 nitrogen and oxygen atoms in total. The second-order valence-electron chi connectivity index (χ2n) is 9.15. The molecule has 0 aliphatic heterocycles. The van der Waals surface area contributed by atoms with Crippen LogP contribution in [0.3, 0.4) is 0 Å². The van der Waals surface area contributed by atoms with Gasteiger partial charge in [-0.1, -0.05) is 61.1 Å². The lowest BCUT2D eigenvalue weighted by molar-refractivity contribution is -0.118. The fraction of sp³-hybridized carbons (Fsp3) is 0.370. The Morgan fingerprint density at radius 1 is 1.09 bits per heavy atom. The summed E-state index contributed by atoms with van der Waals surface area (Å²) in [7, 11) is 0. The third kappa shape index (κ3) is 5.01. The molecule has 0 bridgehead atoms. The lowest BCUT2D eigenvalue weighted by Crippen LogP contribution is -2.35. The number of amides is 1. The SMILES string of the molecule is Cc1ccc(C)c(CC(=O)N(CCn2nc(C)cc2C)c2nc3c(C(C)C)cccc3s2)c1. The van der Waals surface area contributed by atoms with Gasteiger partial charge < -0.3 is 0 Å². The van der Waals surface area contributed by atoms with Crippen molar-refractivity contribution in [2.45, 2.75) is 60.4 Å². The molecule has 0 spiro atoms. The van der Waals surface area contributed by atoms with E-state index in [1.807, 2.05) is 16.5 Å². The predicted molar refractivity (Wildman–Crippen MR) is 137 cm³/mol. The maximum atomic E-state index is 13.6. The summed E-state index contributed by atoms with van der Waals surface area (Å²) in [6.07, 6.45) is 0.359. The maximum Gasteiger partial charge on any atom is 0.233 e. The van der Waals surface area contributed by atoms with E-state index < -0.39 is 0 Å². The number of carbonyl (C=O) groups is 1. The van der Waals surface area contributed by atoms with E-state index in [4.69, 9.17) is 4.98 Å². The summed E-state index contributed by atoms with van der Waals surface area (Å²) < 4.78 is 3.09. The molecule has 172 valence electrons. The van der Waals surface area contributed by atoms with Crippen LogP contribution in [-0.4, -0.2) is 27.2 Å². The number of rotatable bonds is 7. The zero-order valence-electron chi connectivity index (χ0n) is 20.3. The van der Waals surface area contributed by atoms with Crippen LogP contribution in [0.4, 0.5) is 5.13 Å². The minimum Gasteiger partial charge on any atom is -0.286 e. The van der Waals surface area contributed by atoms with E-state index in [-0.39, 0.29) is 5.91 Å². The Kier molecular flexibility index (Phi) is 6.66. The average molecular weight is 461 g/mol. The molecule has 6 heteroatoms. The Balaban J connectivity index is 1.69. The Bertz CT molecular complexity index is 1300. The van der Waals surface area contributed by atoms with Gasteiger partial charge in [0.05, 0.1) is 28.9 Å². The number of benzene rings is 2. The molecule has 0 unspecified atom stereocenters. The van der Waals surface area contributed by atoms with Gasteiger partial charge in [-0.3, -0.25) is 14.4 Å². The third-order valence-electron chi connectivity index (χ3n) is 6.08. The molecule has 0 aliphatic rings. The predicted octanol–water partition coefficient (Wildman–Crippen LogP) is 6.13. The maximum absolute atomic E-state index is 13.6. The van der Waals surface area contributed by atoms with Gasteiger partial charge in [0.15, 0.2) is 5.13 Å². The van der Waals surface area contributed by atoms with E-state index in [0.29, 0.717) is 25.4 Å². The molecule has 0 saturated carbocycles. The number of hydrogen-bond acceptors (Lipinski definition) is 4. The zero-order chi connectivity index (χ0) is 23.7. The Hall–Kier alpha value is -2.99. The minimum atomic E-state index is 0.0652. The van der Waals surface area contributed by atoms with Gasteiger partial charge >= 0.3 is 0 Å².